The minimum absolute atomic E-state index is 0.0700. The molecule has 21 heavy (non-hydrogen) atoms. The molecule has 0 aliphatic rings. The van der Waals surface area contributed by atoms with Gasteiger partial charge in [0.2, 0.25) is 0 Å². The number of hydrogen-bond acceptors (Lipinski definition) is 3. The predicted molar refractivity (Wildman–Crippen MR) is 85.5 cm³/mol. The summed E-state index contributed by atoms with van der Waals surface area (Å²) in [6, 6.07) is 7.68. The van der Waals surface area contributed by atoms with Crippen LogP contribution in [0.15, 0.2) is 33.5 Å². The SMILES string of the molecule is Cc1nn(C)c(Cn2c(=O)c(C)nc3ccccc32)c1Br. The lowest BCUT2D eigenvalue weighted by Crippen LogP contribution is -2.25. The average molecular weight is 347 g/mol. The third kappa shape index (κ3) is 2.29. The van der Waals surface area contributed by atoms with Crippen LogP contribution in [0.5, 0.6) is 0 Å². The van der Waals surface area contributed by atoms with Gasteiger partial charge in [-0.05, 0) is 41.9 Å². The first-order valence-electron chi connectivity index (χ1n) is 6.63. The number of rotatable bonds is 2. The average Bonchev–Trinajstić information content (AvgIpc) is 2.69. The van der Waals surface area contributed by atoms with Crippen molar-refractivity contribution in [1.82, 2.24) is 19.3 Å². The molecule has 2 aromatic heterocycles. The number of benzene rings is 1. The summed E-state index contributed by atoms with van der Waals surface area (Å²) in [6.07, 6.45) is 0. The number of halogens is 1. The Kier molecular flexibility index (Phi) is 3.41. The van der Waals surface area contributed by atoms with Crippen molar-refractivity contribution in [2.24, 2.45) is 7.05 Å². The fourth-order valence-corrected chi connectivity index (χ4v) is 2.94. The number of nitrogens with zero attached hydrogens (tertiary/aromatic N) is 4. The van der Waals surface area contributed by atoms with Crippen molar-refractivity contribution in [1.29, 1.82) is 0 Å². The maximum atomic E-state index is 12.5. The fourth-order valence-electron chi connectivity index (χ4n) is 2.48. The van der Waals surface area contributed by atoms with Crippen LogP contribution >= 0.6 is 15.9 Å². The van der Waals surface area contributed by atoms with E-state index in [0.29, 0.717) is 12.2 Å². The summed E-state index contributed by atoms with van der Waals surface area (Å²) in [5, 5.41) is 4.38. The maximum Gasteiger partial charge on any atom is 0.272 e. The van der Waals surface area contributed by atoms with Gasteiger partial charge in [-0.15, -0.1) is 0 Å². The fraction of sp³-hybridized carbons (Fsp3) is 0.267. The number of hydrogen-bond donors (Lipinski definition) is 0. The van der Waals surface area contributed by atoms with Crippen molar-refractivity contribution in [3.8, 4) is 0 Å². The molecular formula is C15H15BrN4O. The molecule has 0 fully saturated rings. The predicted octanol–water partition coefficient (Wildman–Crippen LogP) is 2.56. The summed E-state index contributed by atoms with van der Waals surface area (Å²) in [7, 11) is 1.88. The number of aryl methyl sites for hydroxylation is 3. The van der Waals surface area contributed by atoms with E-state index in [1.807, 2.05) is 38.2 Å². The lowest BCUT2D eigenvalue weighted by Gasteiger charge is -2.11. The normalized spacial score (nSPS) is 11.2. The highest BCUT2D eigenvalue weighted by Crippen LogP contribution is 2.22. The van der Waals surface area contributed by atoms with Gasteiger partial charge in [-0.1, -0.05) is 12.1 Å². The second-order valence-electron chi connectivity index (χ2n) is 5.05. The van der Waals surface area contributed by atoms with E-state index in [-0.39, 0.29) is 5.56 Å². The van der Waals surface area contributed by atoms with Gasteiger partial charge < -0.3 is 0 Å². The van der Waals surface area contributed by atoms with Gasteiger partial charge in [-0.25, -0.2) is 4.98 Å². The highest BCUT2D eigenvalue weighted by molar-refractivity contribution is 9.10. The smallest absolute Gasteiger partial charge is 0.272 e. The second kappa shape index (κ2) is 5.11. The standard InChI is InChI=1S/C15H15BrN4O/c1-9-14(16)13(19(3)18-9)8-20-12-7-5-4-6-11(12)17-10(2)15(20)21/h4-7H,8H2,1-3H3. The van der Waals surface area contributed by atoms with Crippen LogP contribution in [-0.4, -0.2) is 19.3 Å². The van der Waals surface area contributed by atoms with Gasteiger partial charge in [0, 0.05) is 7.05 Å². The molecule has 5 nitrogen and oxygen atoms in total. The zero-order valence-electron chi connectivity index (χ0n) is 12.1. The van der Waals surface area contributed by atoms with E-state index in [0.717, 1.165) is 26.9 Å². The third-order valence-electron chi connectivity index (χ3n) is 3.58. The minimum Gasteiger partial charge on any atom is -0.299 e. The quantitative estimate of drug-likeness (QED) is 0.716. The molecule has 2 heterocycles. The molecule has 3 rings (SSSR count). The molecule has 0 unspecified atom stereocenters. The Labute approximate surface area is 130 Å². The van der Waals surface area contributed by atoms with Crippen molar-refractivity contribution >= 4 is 27.0 Å². The molecule has 0 bridgehead atoms. The minimum atomic E-state index is -0.0700. The van der Waals surface area contributed by atoms with Crippen LogP contribution < -0.4 is 5.56 Å². The molecule has 0 aliphatic carbocycles. The second-order valence-corrected chi connectivity index (χ2v) is 5.84. The first-order valence-corrected chi connectivity index (χ1v) is 7.42. The van der Waals surface area contributed by atoms with Crippen molar-refractivity contribution in [2.45, 2.75) is 20.4 Å². The van der Waals surface area contributed by atoms with E-state index >= 15 is 0 Å². The first-order chi connectivity index (χ1) is 9.99. The first kappa shape index (κ1) is 14.0. The van der Waals surface area contributed by atoms with Gasteiger partial charge in [0.05, 0.1) is 33.4 Å². The molecule has 108 valence electrons. The van der Waals surface area contributed by atoms with E-state index < -0.39 is 0 Å². The van der Waals surface area contributed by atoms with Crippen LogP contribution in [0.25, 0.3) is 11.0 Å². The van der Waals surface area contributed by atoms with Crippen LogP contribution in [0.2, 0.25) is 0 Å². The van der Waals surface area contributed by atoms with Crippen molar-refractivity contribution in [3.63, 3.8) is 0 Å². The molecule has 0 saturated carbocycles. The van der Waals surface area contributed by atoms with Crippen LogP contribution in [0.3, 0.4) is 0 Å². The highest BCUT2D eigenvalue weighted by Gasteiger charge is 2.14. The highest BCUT2D eigenvalue weighted by atomic mass is 79.9. The van der Waals surface area contributed by atoms with E-state index in [2.05, 4.69) is 26.0 Å². The van der Waals surface area contributed by atoms with Gasteiger partial charge in [0.25, 0.3) is 5.56 Å². The van der Waals surface area contributed by atoms with E-state index in [1.54, 1.807) is 16.2 Å². The van der Waals surface area contributed by atoms with E-state index in [1.165, 1.54) is 0 Å². The summed E-state index contributed by atoms with van der Waals surface area (Å²) >= 11 is 3.55. The zero-order valence-corrected chi connectivity index (χ0v) is 13.7. The Bertz CT molecular complexity index is 895. The van der Waals surface area contributed by atoms with Crippen LogP contribution in [0, 0.1) is 13.8 Å². The summed E-state index contributed by atoms with van der Waals surface area (Å²) in [5.74, 6) is 0. The monoisotopic (exact) mass is 346 g/mol. The van der Waals surface area contributed by atoms with Gasteiger partial charge in [-0.3, -0.25) is 14.0 Å². The molecule has 0 amide bonds. The van der Waals surface area contributed by atoms with E-state index in [9.17, 15) is 4.79 Å². The van der Waals surface area contributed by atoms with Gasteiger partial charge >= 0.3 is 0 Å². The van der Waals surface area contributed by atoms with Crippen LogP contribution in [-0.2, 0) is 13.6 Å². The Morgan fingerprint density at radius 3 is 2.57 bits per heavy atom. The summed E-state index contributed by atoms with van der Waals surface area (Å²) in [6.45, 7) is 4.14. The lowest BCUT2D eigenvalue weighted by atomic mass is 10.2. The molecule has 0 N–H and O–H groups in total. The summed E-state index contributed by atoms with van der Waals surface area (Å²) in [5.41, 5.74) is 3.97. The molecule has 0 spiro atoms. The Morgan fingerprint density at radius 1 is 1.19 bits per heavy atom. The van der Waals surface area contributed by atoms with Gasteiger partial charge in [0.15, 0.2) is 0 Å². The molecule has 0 atom stereocenters. The van der Waals surface area contributed by atoms with Gasteiger partial charge in [-0.2, -0.15) is 5.10 Å². The zero-order chi connectivity index (χ0) is 15.1. The van der Waals surface area contributed by atoms with Crippen LogP contribution in [0.1, 0.15) is 17.1 Å². The van der Waals surface area contributed by atoms with E-state index in [4.69, 9.17) is 0 Å². The molecule has 0 aliphatic heterocycles. The Hall–Kier alpha value is -1.95. The van der Waals surface area contributed by atoms with Crippen molar-refractivity contribution in [3.05, 3.63) is 56.2 Å². The van der Waals surface area contributed by atoms with Crippen LogP contribution in [0.4, 0.5) is 0 Å². The number of para-hydroxylation sites is 2. The topological polar surface area (TPSA) is 52.7 Å². The Balaban J connectivity index is 2.25. The van der Waals surface area contributed by atoms with Crippen molar-refractivity contribution < 1.29 is 0 Å². The number of fused-ring (bicyclic) bond motifs is 1. The van der Waals surface area contributed by atoms with Crippen molar-refractivity contribution in [2.75, 3.05) is 0 Å². The lowest BCUT2D eigenvalue weighted by molar-refractivity contribution is 0.657. The molecule has 3 aromatic rings. The number of aromatic nitrogens is 4. The molecule has 0 saturated heterocycles. The largest absolute Gasteiger partial charge is 0.299 e. The summed E-state index contributed by atoms with van der Waals surface area (Å²) in [4.78, 5) is 16.8. The Morgan fingerprint density at radius 2 is 1.90 bits per heavy atom. The third-order valence-corrected chi connectivity index (χ3v) is 4.62. The molecule has 0 radical (unpaired) electrons. The molecule has 6 heteroatoms. The molecule has 1 aromatic carbocycles. The maximum absolute atomic E-state index is 12.5. The van der Waals surface area contributed by atoms with Gasteiger partial charge in [0.1, 0.15) is 5.69 Å². The summed E-state index contributed by atoms with van der Waals surface area (Å²) < 4.78 is 4.49. The molecular weight excluding hydrogens is 332 g/mol.